The van der Waals surface area contributed by atoms with Gasteiger partial charge in [0.25, 0.3) is 0 Å². The summed E-state index contributed by atoms with van der Waals surface area (Å²) < 4.78 is 30.2. The lowest BCUT2D eigenvalue weighted by molar-refractivity contribution is -0.139. The normalized spacial score (nSPS) is 17.1. The number of benzene rings is 1. The number of carbonyl (C=O) groups is 2. The molecule has 0 unspecified atom stereocenters. The molecule has 1 aromatic carbocycles. The Bertz CT molecular complexity index is 868. The summed E-state index contributed by atoms with van der Waals surface area (Å²) in [4.78, 5) is 26.0. The van der Waals surface area contributed by atoms with E-state index in [2.05, 4.69) is 0 Å². The van der Waals surface area contributed by atoms with Crippen molar-refractivity contribution in [3.8, 4) is 5.75 Å². The van der Waals surface area contributed by atoms with E-state index in [0.29, 0.717) is 5.69 Å². The van der Waals surface area contributed by atoms with Gasteiger partial charge in [-0.1, -0.05) is 12.5 Å². The van der Waals surface area contributed by atoms with Crippen LogP contribution in [0, 0.1) is 5.82 Å². The Balaban J connectivity index is 1.95. The van der Waals surface area contributed by atoms with Gasteiger partial charge in [0.15, 0.2) is 11.6 Å². The summed E-state index contributed by atoms with van der Waals surface area (Å²) in [6.45, 7) is 0. The third-order valence-electron chi connectivity index (χ3n) is 4.93. The monoisotopic (exact) mass is 401 g/mol. The first-order chi connectivity index (χ1) is 14.0. The number of hydrogen-bond acceptors (Lipinski definition) is 6. The molecule has 2 aliphatic rings. The molecule has 29 heavy (non-hydrogen) atoms. The lowest BCUT2D eigenvalue weighted by atomic mass is 9.98. The van der Waals surface area contributed by atoms with Gasteiger partial charge in [-0.2, -0.15) is 0 Å². The molecule has 1 aromatic rings. The van der Waals surface area contributed by atoms with Crippen molar-refractivity contribution in [1.29, 1.82) is 0 Å². The smallest absolute Gasteiger partial charge is 0.355 e. The van der Waals surface area contributed by atoms with Gasteiger partial charge < -0.3 is 19.1 Å². The van der Waals surface area contributed by atoms with E-state index >= 15 is 0 Å². The largest absolute Gasteiger partial charge is 0.487 e. The minimum Gasteiger partial charge on any atom is -0.487 e. The number of anilines is 1. The maximum Gasteiger partial charge on any atom is 0.355 e. The molecule has 0 spiro atoms. The van der Waals surface area contributed by atoms with Crippen molar-refractivity contribution in [2.24, 2.45) is 0 Å². The van der Waals surface area contributed by atoms with Crippen LogP contribution in [-0.2, 0) is 19.1 Å². The Hall–Kier alpha value is -3.09. The maximum absolute atomic E-state index is 14.8. The molecule has 0 aromatic heterocycles. The number of esters is 2. The van der Waals surface area contributed by atoms with Gasteiger partial charge in [-0.15, -0.1) is 0 Å². The second kappa shape index (κ2) is 9.41. The summed E-state index contributed by atoms with van der Waals surface area (Å²) in [5, 5.41) is 0. The van der Waals surface area contributed by atoms with Crippen LogP contribution in [0.5, 0.6) is 5.75 Å². The predicted octanol–water partition coefficient (Wildman–Crippen LogP) is 4.03. The van der Waals surface area contributed by atoms with Gasteiger partial charge in [0, 0.05) is 18.0 Å². The fourth-order valence-corrected chi connectivity index (χ4v) is 3.46. The third kappa shape index (κ3) is 4.67. The zero-order valence-electron chi connectivity index (χ0n) is 16.5. The van der Waals surface area contributed by atoms with Crippen LogP contribution in [0.2, 0.25) is 0 Å². The molecule has 7 heteroatoms. The van der Waals surface area contributed by atoms with Crippen molar-refractivity contribution < 1.29 is 28.2 Å². The molecular weight excluding hydrogens is 377 g/mol. The number of ether oxygens (including phenoxy) is 3. The van der Waals surface area contributed by atoms with E-state index in [1.165, 1.54) is 43.7 Å². The molecule has 0 N–H and O–H groups in total. The second-order valence-electron chi connectivity index (χ2n) is 6.81. The number of rotatable bonds is 5. The van der Waals surface area contributed by atoms with E-state index < -0.39 is 17.8 Å². The van der Waals surface area contributed by atoms with E-state index in [0.717, 1.165) is 25.7 Å². The van der Waals surface area contributed by atoms with Gasteiger partial charge >= 0.3 is 11.9 Å². The molecular formula is C22H24FNO5. The summed E-state index contributed by atoms with van der Waals surface area (Å²) in [5.41, 5.74) is 0.289. The molecule has 0 radical (unpaired) electrons. The molecule has 1 heterocycles. The van der Waals surface area contributed by atoms with Gasteiger partial charge in [-0.3, -0.25) is 0 Å². The maximum atomic E-state index is 14.8. The molecule has 0 saturated heterocycles. The molecule has 154 valence electrons. The lowest BCUT2D eigenvalue weighted by Crippen LogP contribution is -2.27. The predicted molar refractivity (Wildman–Crippen MR) is 106 cm³/mol. The van der Waals surface area contributed by atoms with Crippen molar-refractivity contribution in [1.82, 2.24) is 0 Å². The standard InChI is InChI=1S/C22H24FNO5/c1-27-21(25)17-10-6-7-13-24(20(17)22(26)28-2)15-11-12-19(18(23)14-15)29-16-8-4-3-5-9-16/h6-7,10-14,16H,3-5,8-9H2,1-2H3. The van der Waals surface area contributed by atoms with E-state index in [1.807, 2.05) is 0 Å². The van der Waals surface area contributed by atoms with Crippen LogP contribution in [0.1, 0.15) is 32.1 Å². The Morgan fingerprint density at radius 1 is 1.03 bits per heavy atom. The SMILES string of the molecule is COC(=O)C1=C(C(=O)OC)N(c2ccc(OC3CCCCC3)c(F)c2)C=CC=C1. The van der Waals surface area contributed by atoms with Crippen molar-refractivity contribution >= 4 is 17.6 Å². The molecule has 1 aliphatic carbocycles. The van der Waals surface area contributed by atoms with E-state index in [1.54, 1.807) is 24.4 Å². The van der Waals surface area contributed by atoms with E-state index in [9.17, 15) is 14.0 Å². The second-order valence-corrected chi connectivity index (χ2v) is 6.81. The lowest BCUT2D eigenvalue weighted by Gasteiger charge is -2.25. The summed E-state index contributed by atoms with van der Waals surface area (Å²) in [6, 6.07) is 4.44. The average Bonchev–Trinajstić information content (AvgIpc) is 2.98. The fourth-order valence-electron chi connectivity index (χ4n) is 3.46. The third-order valence-corrected chi connectivity index (χ3v) is 4.93. The van der Waals surface area contributed by atoms with E-state index in [4.69, 9.17) is 14.2 Å². The molecule has 0 amide bonds. The van der Waals surface area contributed by atoms with Gasteiger partial charge in [0.1, 0.15) is 5.70 Å². The summed E-state index contributed by atoms with van der Waals surface area (Å²) >= 11 is 0. The number of methoxy groups -OCH3 is 2. The topological polar surface area (TPSA) is 65.1 Å². The summed E-state index contributed by atoms with van der Waals surface area (Å²) in [6.07, 6.45) is 11.4. The quantitative estimate of drug-likeness (QED) is 0.694. The molecule has 1 aliphatic heterocycles. The van der Waals surface area contributed by atoms with Gasteiger partial charge in [0.2, 0.25) is 0 Å². The van der Waals surface area contributed by atoms with Gasteiger partial charge in [-0.05, 0) is 50.0 Å². The Morgan fingerprint density at radius 3 is 2.41 bits per heavy atom. The highest BCUT2D eigenvalue weighted by Gasteiger charge is 2.28. The van der Waals surface area contributed by atoms with Crippen molar-refractivity contribution in [2.45, 2.75) is 38.2 Å². The van der Waals surface area contributed by atoms with Crippen molar-refractivity contribution in [2.75, 3.05) is 19.1 Å². The first-order valence-corrected chi connectivity index (χ1v) is 9.56. The van der Waals surface area contributed by atoms with Gasteiger partial charge in [-0.25, -0.2) is 14.0 Å². The Morgan fingerprint density at radius 2 is 1.76 bits per heavy atom. The number of nitrogens with zero attached hydrogens (tertiary/aromatic N) is 1. The minimum absolute atomic E-state index is 0.00675. The zero-order valence-corrected chi connectivity index (χ0v) is 16.5. The number of halogens is 1. The number of hydrogen-bond donors (Lipinski definition) is 0. The van der Waals surface area contributed by atoms with Crippen molar-refractivity contribution in [3.63, 3.8) is 0 Å². The molecule has 3 rings (SSSR count). The number of allylic oxidation sites excluding steroid dienone is 2. The average molecular weight is 401 g/mol. The van der Waals surface area contributed by atoms with Crippen molar-refractivity contribution in [3.05, 3.63) is 59.7 Å². The number of carbonyl (C=O) groups excluding carboxylic acids is 2. The molecule has 6 nitrogen and oxygen atoms in total. The van der Waals surface area contributed by atoms with Crippen LogP contribution in [0.15, 0.2) is 53.9 Å². The highest BCUT2D eigenvalue weighted by Crippen LogP contribution is 2.31. The minimum atomic E-state index is -0.746. The first kappa shape index (κ1) is 20.6. The molecule has 0 bridgehead atoms. The molecule has 1 fully saturated rings. The van der Waals surface area contributed by atoms with Crippen LogP contribution in [0.3, 0.4) is 0 Å². The Labute approximate surface area is 169 Å². The van der Waals surface area contributed by atoms with E-state index in [-0.39, 0.29) is 23.1 Å². The molecule has 1 saturated carbocycles. The van der Waals surface area contributed by atoms with Crippen LogP contribution in [0.4, 0.5) is 10.1 Å². The van der Waals surface area contributed by atoms with Crippen LogP contribution in [-0.4, -0.2) is 32.3 Å². The summed E-state index contributed by atoms with van der Waals surface area (Å²) in [5.74, 6) is -1.81. The van der Waals surface area contributed by atoms with Gasteiger partial charge in [0.05, 0.1) is 25.9 Å². The zero-order chi connectivity index (χ0) is 20.8. The Kier molecular flexibility index (Phi) is 6.69. The summed E-state index contributed by atoms with van der Waals surface area (Å²) in [7, 11) is 2.43. The van der Waals surface area contributed by atoms with Crippen LogP contribution < -0.4 is 9.64 Å². The van der Waals surface area contributed by atoms with Crippen LogP contribution in [0.25, 0.3) is 0 Å². The first-order valence-electron chi connectivity index (χ1n) is 9.56. The fraction of sp³-hybridized carbons (Fsp3) is 0.364. The highest BCUT2D eigenvalue weighted by atomic mass is 19.1. The highest BCUT2D eigenvalue weighted by molar-refractivity contribution is 6.05. The molecule has 0 atom stereocenters. The van der Waals surface area contributed by atoms with Crippen LogP contribution >= 0.6 is 0 Å².